The molecule has 2 heterocycles. The van der Waals surface area contributed by atoms with Gasteiger partial charge in [-0.1, -0.05) is 23.3 Å². The van der Waals surface area contributed by atoms with Crippen LogP contribution in [-0.4, -0.2) is 16.1 Å². The summed E-state index contributed by atoms with van der Waals surface area (Å²) < 4.78 is 10.9. The number of aromatic nitrogens is 2. The average molecular weight is 325 g/mol. The van der Waals surface area contributed by atoms with Crippen LogP contribution in [0.1, 0.15) is 44.5 Å². The Balaban J connectivity index is 1.70. The monoisotopic (exact) mass is 325 g/mol. The zero-order valence-corrected chi connectivity index (χ0v) is 14.1. The predicted octanol–water partition coefficient (Wildman–Crippen LogP) is 3.74. The Morgan fingerprint density at radius 3 is 2.50 bits per heavy atom. The number of nitrogens with one attached hydrogen (secondary N) is 1. The first kappa shape index (κ1) is 16.0. The molecule has 3 aromatic rings. The zero-order valence-electron chi connectivity index (χ0n) is 14.1. The van der Waals surface area contributed by atoms with Gasteiger partial charge in [-0.3, -0.25) is 10.1 Å². The Kier molecular flexibility index (Phi) is 4.20. The highest BCUT2D eigenvalue weighted by atomic mass is 16.4. The van der Waals surface area contributed by atoms with Crippen molar-refractivity contribution in [1.29, 1.82) is 0 Å². The van der Waals surface area contributed by atoms with Crippen LogP contribution in [0.5, 0.6) is 0 Å². The highest BCUT2D eigenvalue weighted by Gasteiger charge is 2.16. The van der Waals surface area contributed by atoms with Crippen LogP contribution < -0.4 is 5.32 Å². The molecule has 0 spiro atoms. The summed E-state index contributed by atoms with van der Waals surface area (Å²) in [5, 5.41) is 10.5. The summed E-state index contributed by atoms with van der Waals surface area (Å²) in [4.78, 5) is 12.2. The summed E-state index contributed by atoms with van der Waals surface area (Å²) >= 11 is 0. The van der Waals surface area contributed by atoms with Crippen molar-refractivity contribution in [3.63, 3.8) is 0 Å². The van der Waals surface area contributed by atoms with Crippen LogP contribution >= 0.6 is 0 Å². The Labute approximate surface area is 139 Å². The first-order valence-electron chi connectivity index (χ1n) is 7.69. The molecule has 1 aromatic carbocycles. The van der Waals surface area contributed by atoms with E-state index in [0.717, 1.165) is 5.56 Å². The maximum Gasteiger partial charge on any atom is 0.322 e. The third-order valence-corrected chi connectivity index (χ3v) is 3.90. The largest absolute Gasteiger partial charge is 0.466 e. The van der Waals surface area contributed by atoms with E-state index in [4.69, 9.17) is 8.83 Å². The molecule has 6 heteroatoms. The van der Waals surface area contributed by atoms with E-state index in [1.165, 1.54) is 11.1 Å². The van der Waals surface area contributed by atoms with E-state index in [2.05, 4.69) is 41.5 Å². The highest BCUT2D eigenvalue weighted by molar-refractivity contribution is 6.03. The highest BCUT2D eigenvalue weighted by Crippen LogP contribution is 2.17. The van der Waals surface area contributed by atoms with Gasteiger partial charge >= 0.3 is 6.01 Å². The smallest absolute Gasteiger partial charge is 0.322 e. The number of furan rings is 1. The molecule has 2 aromatic heterocycles. The van der Waals surface area contributed by atoms with Crippen LogP contribution in [-0.2, 0) is 6.42 Å². The number of aryl methyl sites for hydroxylation is 4. The van der Waals surface area contributed by atoms with Crippen molar-refractivity contribution in [2.45, 2.75) is 34.1 Å². The number of carbonyl (C=O) groups excluding carboxylic acids is 1. The lowest BCUT2D eigenvalue weighted by atomic mass is 10.0. The maximum absolute atomic E-state index is 12.2. The Hall–Kier alpha value is -2.89. The van der Waals surface area contributed by atoms with Crippen molar-refractivity contribution in [3.05, 3.63) is 63.9 Å². The van der Waals surface area contributed by atoms with Crippen LogP contribution in [0, 0.1) is 27.7 Å². The van der Waals surface area contributed by atoms with Crippen molar-refractivity contribution in [1.82, 2.24) is 10.2 Å². The first-order valence-corrected chi connectivity index (χ1v) is 7.69. The van der Waals surface area contributed by atoms with Gasteiger partial charge < -0.3 is 8.83 Å². The molecule has 0 bridgehead atoms. The van der Waals surface area contributed by atoms with Gasteiger partial charge in [0.25, 0.3) is 5.91 Å². The van der Waals surface area contributed by atoms with Gasteiger partial charge in [-0.05, 0) is 50.5 Å². The summed E-state index contributed by atoms with van der Waals surface area (Å²) in [5.41, 5.74) is 4.00. The maximum atomic E-state index is 12.2. The van der Waals surface area contributed by atoms with E-state index in [0.29, 0.717) is 29.4 Å². The van der Waals surface area contributed by atoms with Gasteiger partial charge in [-0.25, -0.2) is 0 Å². The Morgan fingerprint density at radius 2 is 1.83 bits per heavy atom. The topological polar surface area (TPSA) is 81.2 Å². The number of hydrogen-bond donors (Lipinski definition) is 1. The van der Waals surface area contributed by atoms with Crippen molar-refractivity contribution in [3.8, 4) is 0 Å². The van der Waals surface area contributed by atoms with Gasteiger partial charge in [0, 0.05) is 0 Å². The molecule has 3 rings (SSSR count). The fourth-order valence-electron chi connectivity index (χ4n) is 2.48. The minimum Gasteiger partial charge on any atom is -0.466 e. The lowest BCUT2D eigenvalue weighted by Crippen LogP contribution is -2.12. The van der Waals surface area contributed by atoms with E-state index in [9.17, 15) is 4.79 Å². The molecule has 1 amide bonds. The van der Waals surface area contributed by atoms with Gasteiger partial charge in [0.1, 0.15) is 11.5 Å². The van der Waals surface area contributed by atoms with E-state index in [1.807, 2.05) is 6.07 Å². The van der Waals surface area contributed by atoms with Gasteiger partial charge in [0.05, 0.1) is 12.0 Å². The molecule has 0 unspecified atom stereocenters. The van der Waals surface area contributed by atoms with Crippen LogP contribution in [0.3, 0.4) is 0 Å². The van der Waals surface area contributed by atoms with E-state index >= 15 is 0 Å². The number of nitrogens with zero attached hydrogens (tertiary/aromatic N) is 2. The molecule has 0 aliphatic carbocycles. The van der Waals surface area contributed by atoms with Gasteiger partial charge in [-0.2, -0.15) is 0 Å². The molecule has 0 saturated heterocycles. The van der Waals surface area contributed by atoms with Gasteiger partial charge in [0.15, 0.2) is 0 Å². The van der Waals surface area contributed by atoms with Crippen LogP contribution in [0.4, 0.5) is 6.01 Å². The van der Waals surface area contributed by atoms with Gasteiger partial charge in [-0.15, -0.1) is 5.10 Å². The Bertz CT molecular complexity index is 893. The van der Waals surface area contributed by atoms with Gasteiger partial charge in [0.2, 0.25) is 5.89 Å². The number of hydrogen-bond acceptors (Lipinski definition) is 5. The molecule has 24 heavy (non-hydrogen) atoms. The minimum atomic E-state index is -0.328. The molecule has 0 aliphatic heterocycles. The second-order valence-corrected chi connectivity index (χ2v) is 5.88. The SMILES string of the molecule is Cc1cc(C(=O)Nc2nnc(Cc3ccc(C)c(C)c3)o2)c(C)o1. The fraction of sp³-hybridized carbons (Fsp3) is 0.278. The third-order valence-electron chi connectivity index (χ3n) is 3.90. The standard InChI is InChI=1S/C18H19N3O3/c1-10-5-6-14(7-11(10)2)9-16-20-21-18(24-16)19-17(22)15-8-12(3)23-13(15)4/h5-8H,9H2,1-4H3,(H,19,21,22). The summed E-state index contributed by atoms with van der Waals surface area (Å²) in [7, 11) is 0. The lowest BCUT2D eigenvalue weighted by Gasteiger charge is -2.02. The predicted molar refractivity (Wildman–Crippen MR) is 89.2 cm³/mol. The number of carbonyl (C=O) groups is 1. The fourth-order valence-corrected chi connectivity index (χ4v) is 2.48. The van der Waals surface area contributed by atoms with Crippen molar-refractivity contribution >= 4 is 11.9 Å². The quantitative estimate of drug-likeness (QED) is 0.790. The van der Waals surface area contributed by atoms with Crippen LogP contribution in [0.2, 0.25) is 0 Å². The van der Waals surface area contributed by atoms with Crippen molar-refractivity contribution in [2.75, 3.05) is 5.32 Å². The molecule has 124 valence electrons. The molecule has 6 nitrogen and oxygen atoms in total. The number of anilines is 1. The number of benzene rings is 1. The van der Waals surface area contributed by atoms with Crippen LogP contribution in [0.15, 0.2) is 33.1 Å². The first-order chi connectivity index (χ1) is 11.4. The normalized spacial score (nSPS) is 10.8. The molecule has 0 radical (unpaired) electrons. The Morgan fingerprint density at radius 1 is 1.04 bits per heavy atom. The molecular formula is C18H19N3O3. The molecule has 0 fully saturated rings. The summed E-state index contributed by atoms with van der Waals surface area (Å²) in [6.07, 6.45) is 0.522. The van der Waals surface area contributed by atoms with E-state index in [-0.39, 0.29) is 11.9 Å². The minimum absolute atomic E-state index is 0.0806. The second kappa shape index (κ2) is 6.31. The van der Waals surface area contributed by atoms with Crippen molar-refractivity contribution in [2.24, 2.45) is 0 Å². The average Bonchev–Trinajstić information content (AvgIpc) is 3.09. The molecule has 1 N–H and O–H groups in total. The van der Waals surface area contributed by atoms with Crippen molar-refractivity contribution < 1.29 is 13.6 Å². The molecule has 0 aliphatic rings. The third kappa shape index (κ3) is 3.37. The molecule has 0 saturated carbocycles. The second-order valence-electron chi connectivity index (χ2n) is 5.88. The van der Waals surface area contributed by atoms with E-state index < -0.39 is 0 Å². The molecular weight excluding hydrogens is 306 g/mol. The summed E-state index contributed by atoms with van der Waals surface area (Å²) in [6.45, 7) is 7.66. The number of rotatable bonds is 4. The number of amides is 1. The summed E-state index contributed by atoms with van der Waals surface area (Å²) in [6, 6.07) is 7.94. The lowest BCUT2D eigenvalue weighted by molar-refractivity contribution is 0.102. The summed E-state index contributed by atoms with van der Waals surface area (Å²) in [5.74, 6) is 1.36. The zero-order chi connectivity index (χ0) is 17.3. The van der Waals surface area contributed by atoms with E-state index in [1.54, 1.807) is 19.9 Å². The molecule has 0 atom stereocenters. The van der Waals surface area contributed by atoms with Crippen LogP contribution in [0.25, 0.3) is 0 Å².